The molecule has 0 aliphatic carbocycles. The minimum atomic E-state index is -0.769. The van der Waals surface area contributed by atoms with Crippen LogP contribution in [0.1, 0.15) is 61.4 Å². The molecule has 2 aliphatic heterocycles. The average molecular weight is 491 g/mol. The molecular formula is C25H31ClN2O6. The summed E-state index contributed by atoms with van der Waals surface area (Å²) in [6.07, 6.45) is 14.1. The minimum absolute atomic E-state index is 0.0727. The van der Waals surface area contributed by atoms with Gasteiger partial charge in [-0.05, 0) is 57.6 Å². The number of hydrogen-bond donors (Lipinski definition) is 3. The number of allylic oxidation sites excluding steroid dienone is 3. The van der Waals surface area contributed by atoms with Crippen molar-refractivity contribution < 1.29 is 29.4 Å². The maximum atomic E-state index is 12.7. The van der Waals surface area contributed by atoms with Crippen LogP contribution in [0.15, 0.2) is 36.1 Å². The smallest absolute Gasteiger partial charge is 0.342 e. The van der Waals surface area contributed by atoms with Crippen LogP contribution >= 0.6 is 11.6 Å². The molecule has 34 heavy (non-hydrogen) atoms. The number of nitrogens with zero attached hydrogens (tertiary/aromatic N) is 1. The molecule has 0 bridgehead atoms. The Balaban J connectivity index is 1.86. The number of cyclic esters (lactones) is 1. The van der Waals surface area contributed by atoms with E-state index in [9.17, 15) is 19.8 Å². The summed E-state index contributed by atoms with van der Waals surface area (Å²) in [5.41, 5.74) is 3.02. The summed E-state index contributed by atoms with van der Waals surface area (Å²) in [6, 6.07) is 1.17. The van der Waals surface area contributed by atoms with Crippen molar-refractivity contribution in [2.75, 3.05) is 19.8 Å². The number of nitrogens with one attached hydrogen (secondary N) is 1. The number of phenols is 2. The van der Waals surface area contributed by atoms with E-state index >= 15 is 0 Å². The molecule has 3 rings (SSSR count). The van der Waals surface area contributed by atoms with E-state index in [1.165, 1.54) is 6.08 Å². The lowest BCUT2D eigenvalue weighted by molar-refractivity contribution is -0.141. The molecule has 184 valence electrons. The standard InChI is InChI=1S/C25H31ClN2O6/c1-17-10-7-8-12-28(17)22(31)16-34-27-18-11-6-4-2-3-5-9-13-33-25(32)23-19(14-18)24(26)21(30)15-20(23)29/h3,5-6,11,14-15,17,27,29-30H,2,4,7-10,12-13,16H2,1H3/b5-3?,11-6?,18-14-. The van der Waals surface area contributed by atoms with Crippen LogP contribution < -0.4 is 5.48 Å². The van der Waals surface area contributed by atoms with Crippen LogP contribution in [0.25, 0.3) is 6.08 Å². The van der Waals surface area contributed by atoms with Crippen molar-refractivity contribution in [1.82, 2.24) is 10.4 Å². The highest BCUT2D eigenvalue weighted by Crippen LogP contribution is 2.38. The number of aromatic hydroxyl groups is 2. The van der Waals surface area contributed by atoms with Gasteiger partial charge in [-0.15, -0.1) is 0 Å². The second-order valence-electron chi connectivity index (χ2n) is 8.32. The van der Waals surface area contributed by atoms with Gasteiger partial charge in [-0.3, -0.25) is 15.1 Å². The summed E-state index contributed by atoms with van der Waals surface area (Å²) in [4.78, 5) is 32.6. The molecule has 1 amide bonds. The first kappa shape index (κ1) is 25.6. The van der Waals surface area contributed by atoms with Gasteiger partial charge >= 0.3 is 5.97 Å². The molecule has 0 spiro atoms. The molecule has 0 saturated carbocycles. The first-order valence-corrected chi connectivity index (χ1v) is 11.9. The summed E-state index contributed by atoms with van der Waals surface area (Å²) in [5, 5.41) is 20.4. The molecule has 8 nitrogen and oxygen atoms in total. The highest BCUT2D eigenvalue weighted by molar-refractivity contribution is 6.34. The van der Waals surface area contributed by atoms with Crippen molar-refractivity contribution >= 4 is 29.6 Å². The van der Waals surface area contributed by atoms with Crippen molar-refractivity contribution in [3.63, 3.8) is 0 Å². The second kappa shape index (κ2) is 12.5. The normalized spacial score (nSPS) is 21.1. The van der Waals surface area contributed by atoms with Crippen LogP contribution in [0.3, 0.4) is 0 Å². The predicted molar refractivity (Wildman–Crippen MR) is 129 cm³/mol. The van der Waals surface area contributed by atoms with Gasteiger partial charge in [0.1, 0.15) is 17.1 Å². The number of esters is 1. The van der Waals surface area contributed by atoms with Crippen LogP contribution in [-0.4, -0.2) is 52.8 Å². The van der Waals surface area contributed by atoms with Crippen molar-refractivity contribution in [2.24, 2.45) is 0 Å². The van der Waals surface area contributed by atoms with Crippen molar-refractivity contribution in [2.45, 2.75) is 51.5 Å². The van der Waals surface area contributed by atoms with Gasteiger partial charge < -0.3 is 19.8 Å². The summed E-state index contributed by atoms with van der Waals surface area (Å²) < 4.78 is 5.27. The van der Waals surface area contributed by atoms with Gasteiger partial charge in [0.15, 0.2) is 6.61 Å². The van der Waals surface area contributed by atoms with E-state index in [0.717, 1.165) is 38.2 Å². The Hall–Kier alpha value is -2.97. The maximum Gasteiger partial charge on any atom is 0.342 e. The van der Waals surface area contributed by atoms with Gasteiger partial charge in [-0.1, -0.05) is 29.8 Å². The number of hydroxylamine groups is 1. The lowest BCUT2D eigenvalue weighted by Crippen LogP contribution is -2.44. The third-order valence-corrected chi connectivity index (χ3v) is 6.15. The van der Waals surface area contributed by atoms with Gasteiger partial charge in [-0.25, -0.2) is 4.79 Å². The number of fused-ring (bicyclic) bond motifs is 1. The number of rotatable bonds is 4. The van der Waals surface area contributed by atoms with Gasteiger partial charge in [0.25, 0.3) is 5.91 Å². The second-order valence-corrected chi connectivity index (χ2v) is 8.69. The number of benzene rings is 1. The Morgan fingerprint density at radius 3 is 2.76 bits per heavy atom. The number of halogens is 1. The fourth-order valence-electron chi connectivity index (χ4n) is 3.93. The Morgan fingerprint density at radius 1 is 1.21 bits per heavy atom. The van der Waals surface area contributed by atoms with Gasteiger partial charge in [-0.2, -0.15) is 0 Å². The van der Waals surface area contributed by atoms with Crippen molar-refractivity contribution in [3.05, 3.63) is 52.2 Å². The molecule has 1 aromatic rings. The summed E-state index contributed by atoms with van der Waals surface area (Å²) in [6.45, 7) is 2.70. The fraction of sp³-hybridized carbons (Fsp3) is 0.440. The highest BCUT2D eigenvalue weighted by Gasteiger charge is 2.24. The van der Waals surface area contributed by atoms with Gasteiger partial charge in [0.05, 0.1) is 17.3 Å². The largest absolute Gasteiger partial charge is 0.507 e. The molecule has 1 fully saturated rings. The first-order valence-electron chi connectivity index (χ1n) is 11.5. The number of carbonyl (C=O) groups is 2. The Kier molecular flexibility index (Phi) is 9.42. The topological polar surface area (TPSA) is 108 Å². The third-order valence-electron chi connectivity index (χ3n) is 5.75. The molecule has 1 aromatic carbocycles. The number of hydrogen-bond acceptors (Lipinski definition) is 7. The molecule has 0 radical (unpaired) electrons. The Labute approximate surface area is 204 Å². The summed E-state index contributed by atoms with van der Waals surface area (Å²) in [5.74, 6) is -1.73. The summed E-state index contributed by atoms with van der Waals surface area (Å²) >= 11 is 6.29. The Morgan fingerprint density at radius 2 is 1.97 bits per heavy atom. The van der Waals surface area contributed by atoms with Crippen LogP contribution in [0, 0.1) is 0 Å². The minimum Gasteiger partial charge on any atom is -0.507 e. The molecule has 0 aromatic heterocycles. The predicted octanol–water partition coefficient (Wildman–Crippen LogP) is 4.47. The van der Waals surface area contributed by atoms with Crippen LogP contribution in [0.5, 0.6) is 11.5 Å². The fourth-order valence-corrected chi connectivity index (χ4v) is 4.13. The lowest BCUT2D eigenvalue weighted by Gasteiger charge is -2.33. The van der Waals surface area contributed by atoms with E-state index in [4.69, 9.17) is 21.2 Å². The van der Waals surface area contributed by atoms with Crippen molar-refractivity contribution in [3.8, 4) is 11.5 Å². The first-order chi connectivity index (χ1) is 16.4. The summed E-state index contributed by atoms with van der Waals surface area (Å²) in [7, 11) is 0. The third kappa shape index (κ3) is 6.77. The molecule has 2 heterocycles. The average Bonchev–Trinajstić information content (AvgIpc) is 2.80. The zero-order chi connectivity index (χ0) is 24.5. The number of ether oxygens (including phenoxy) is 1. The van der Waals surface area contributed by atoms with Crippen molar-refractivity contribution in [1.29, 1.82) is 0 Å². The molecule has 1 unspecified atom stereocenters. The van der Waals surface area contributed by atoms with Crippen LogP contribution in [-0.2, 0) is 14.4 Å². The quantitative estimate of drug-likeness (QED) is 0.324. The zero-order valence-corrected chi connectivity index (χ0v) is 20.0. The highest BCUT2D eigenvalue weighted by atomic mass is 35.5. The number of carbonyl (C=O) groups excluding carboxylic acids is 2. The number of likely N-dealkylation sites (tertiary alicyclic amines) is 1. The van der Waals surface area contributed by atoms with Gasteiger partial charge in [0, 0.05) is 24.2 Å². The molecule has 1 atom stereocenters. The maximum absolute atomic E-state index is 12.7. The molecule has 2 aliphatic rings. The zero-order valence-electron chi connectivity index (χ0n) is 19.3. The van der Waals surface area contributed by atoms with E-state index in [0.29, 0.717) is 18.7 Å². The molecule has 1 saturated heterocycles. The van der Waals surface area contributed by atoms with E-state index in [2.05, 4.69) is 5.48 Å². The van der Waals surface area contributed by atoms with Crippen LogP contribution in [0.4, 0.5) is 0 Å². The van der Waals surface area contributed by atoms with E-state index in [1.807, 2.05) is 30.1 Å². The van der Waals surface area contributed by atoms with Crippen LogP contribution in [0.2, 0.25) is 5.02 Å². The number of piperidine rings is 1. The van der Waals surface area contributed by atoms with Gasteiger partial charge in [0.2, 0.25) is 0 Å². The van der Waals surface area contributed by atoms with E-state index in [-0.39, 0.29) is 47.1 Å². The van der Waals surface area contributed by atoms with E-state index in [1.54, 1.807) is 6.08 Å². The molecular weight excluding hydrogens is 460 g/mol. The SMILES string of the molecule is CC1CCCCN1C(=O)CON/C1=C\c2c(Cl)c(O)cc(O)c2C(=O)OCCC=CCCC=C1. The van der Waals surface area contributed by atoms with E-state index < -0.39 is 11.7 Å². The molecule has 9 heteroatoms. The lowest BCUT2D eigenvalue weighted by atomic mass is 10.0. The Bertz CT molecular complexity index is 988. The number of phenolic OH excluding ortho intramolecular Hbond substituents is 2. The molecule has 3 N–H and O–H groups in total. The monoisotopic (exact) mass is 490 g/mol. The number of amides is 1.